The van der Waals surface area contributed by atoms with E-state index in [9.17, 15) is 4.79 Å². The van der Waals surface area contributed by atoms with Gasteiger partial charge in [-0.3, -0.25) is 9.69 Å². The molecule has 4 nitrogen and oxygen atoms in total. The smallest absolute Gasteiger partial charge is 0.238 e. The van der Waals surface area contributed by atoms with Crippen LogP contribution in [0.4, 0.5) is 5.69 Å². The minimum absolute atomic E-state index is 0.0105. The third kappa shape index (κ3) is 3.62. The number of carbonyl (C=O) groups excluding carboxylic acids is 1. The number of H-pyrrole nitrogens is 1. The van der Waals surface area contributed by atoms with E-state index in [2.05, 4.69) is 45.7 Å². The van der Waals surface area contributed by atoms with Crippen LogP contribution in [0.15, 0.2) is 54.7 Å². The molecule has 0 saturated carbocycles. The summed E-state index contributed by atoms with van der Waals surface area (Å²) in [6.07, 6.45) is 4.29. The molecular weight excluding hydrogens is 346 g/mol. The Morgan fingerprint density at radius 3 is 2.65 bits per heavy atom. The highest BCUT2D eigenvalue weighted by atomic mass is 35.5. The second-order valence-electron chi connectivity index (χ2n) is 6.87. The Balaban J connectivity index is 1.34. The highest BCUT2D eigenvalue weighted by molar-refractivity contribution is 6.33. The lowest BCUT2D eigenvalue weighted by molar-refractivity contribution is -0.117. The minimum Gasteiger partial charge on any atom is -0.361 e. The van der Waals surface area contributed by atoms with Gasteiger partial charge in [0.15, 0.2) is 0 Å². The first-order valence-corrected chi connectivity index (χ1v) is 9.41. The molecule has 3 aromatic rings. The summed E-state index contributed by atoms with van der Waals surface area (Å²) in [6, 6.07) is 15.8. The van der Waals surface area contributed by atoms with Crippen LogP contribution in [0.5, 0.6) is 0 Å². The van der Waals surface area contributed by atoms with E-state index in [0.29, 0.717) is 23.2 Å². The zero-order valence-electron chi connectivity index (χ0n) is 14.5. The van der Waals surface area contributed by atoms with Crippen LogP contribution in [-0.4, -0.2) is 35.4 Å². The number of nitrogens with zero attached hydrogens (tertiary/aromatic N) is 1. The average molecular weight is 368 g/mol. The molecule has 0 aliphatic carbocycles. The molecule has 1 aliphatic heterocycles. The van der Waals surface area contributed by atoms with E-state index in [1.54, 1.807) is 6.07 Å². The quantitative estimate of drug-likeness (QED) is 0.705. The maximum absolute atomic E-state index is 12.3. The number of carbonyl (C=O) groups is 1. The van der Waals surface area contributed by atoms with Crippen LogP contribution in [0.3, 0.4) is 0 Å². The summed E-state index contributed by atoms with van der Waals surface area (Å²) in [7, 11) is 0. The fourth-order valence-electron chi connectivity index (χ4n) is 3.79. The zero-order valence-corrected chi connectivity index (χ0v) is 15.3. The van der Waals surface area contributed by atoms with Crippen LogP contribution in [-0.2, 0) is 4.79 Å². The molecule has 1 fully saturated rings. The average Bonchev–Trinajstić information content (AvgIpc) is 3.08. The summed E-state index contributed by atoms with van der Waals surface area (Å²) in [5.41, 5.74) is 3.28. The van der Waals surface area contributed by atoms with Crippen molar-refractivity contribution in [3.05, 3.63) is 65.3 Å². The molecule has 0 bridgehead atoms. The number of halogens is 1. The third-order valence-electron chi connectivity index (χ3n) is 5.16. The lowest BCUT2D eigenvalue weighted by atomic mass is 9.89. The van der Waals surface area contributed by atoms with Crippen molar-refractivity contribution in [1.82, 2.24) is 9.88 Å². The first kappa shape index (κ1) is 17.1. The van der Waals surface area contributed by atoms with Gasteiger partial charge in [0.25, 0.3) is 0 Å². The molecule has 2 heterocycles. The van der Waals surface area contributed by atoms with E-state index in [1.807, 2.05) is 18.2 Å². The van der Waals surface area contributed by atoms with Gasteiger partial charge in [-0.15, -0.1) is 0 Å². The van der Waals surface area contributed by atoms with Crippen LogP contribution in [0.25, 0.3) is 10.9 Å². The number of hydrogen-bond donors (Lipinski definition) is 2. The van der Waals surface area contributed by atoms with Crippen molar-refractivity contribution >= 4 is 34.1 Å². The standard InChI is InChI=1S/C21H22ClN3O/c22-18-6-2-4-8-20(18)24-21(26)14-25-11-9-15(10-12-25)17-13-23-19-7-3-1-5-16(17)19/h1-8,13,15,23H,9-12,14H2,(H,24,26). The number of benzene rings is 2. The molecule has 134 valence electrons. The molecule has 0 unspecified atom stereocenters. The van der Waals surface area contributed by atoms with E-state index < -0.39 is 0 Å². The lowest BCUT2D eigenvalue weighted by Crippen LogP contribution is -2.38. The molecule has 1 amide bonds. The van der Waals surface area contributed by atoms with Gasteiger partial charge in [-0.2, -0.15) is 0 Å². The largest absolute Gasteiger partial charge is 0.361 e. The predicted molar refractivity (Wildman–Crippen MR) is 107 cm³/mol. The second kappa shape index (κ2) is 7.52. The first-order chi connectivity index (χ1) is 12.7. The van der Waals surface area contributed by atoms with Crippen LogP contribution in [0, 0.1) is 0 Å². The van der Waals surface area contributed by atoms with Crippen molar-refractivity contribution < 1.29 is 4.79 Å². The highest BCUT2D eigenvalue weighted by Gasteiger charge is 2.24. The number of rotatable bonds is 4. The SMILES string of the molecule is O=C(CN1CCC(c2c[nH]c3ccccc23)CC1)Nc1ccccc1Cl. The number of para-hydroxylation sites is 2. The summed E-state index contributed by atoms with van der Waals surface area (Å²) >= 11 is 6.10. The number of aromatic nitrogens is 1. The molecule has 0 radical (unpaired) electrons. The van der Waals surface area contributed by atoms with Crippen molar-refractivity contribution in [3.8, 4) is 0 Å². The molecule has 0 spiro atoms. The number of piperidine rings is 1. The van der Waals surface area contributed by atoms with Gasteiger partial charge >= 0.3 is 0 Å². The maximum Gasteiger partial charge on any atom is 0.238 e. The van der Waals surface area contributed by atoms with Gasteiger partial charge in [-0.25, -0.2) is 0 Å². The van der Waals surface area contributed by atoms with Crippen molar-refractivity contribution in [2.45, 2.75) is 18.8 Å². The van der Waals surface area contributed by atoms with Crippen LogP contribution in [0.1, 0.15) is 24.3 Å². The third-order valence-corrected chi connectivity index (χ3v) is 5.49. The van der Waals surface area contributed by atoms with E-state index in [-0.39, 0.29) is 5.91 Å². The van der Waals surface area contributed by atoms with Crippen molar-refractivity contribution in [3.63, 3.8) is 0 Å². The maximum atomic E-state index is 12.3. The number of likely N-dealkylation sites (tertiary alicyclic amines) is 1. The normalized spacial score (nSPS) is 16.0. The van der Waals surface area contributed by atoms with Gasteiger partial charge in [0.05, 0.1) is 17.3 Å². The molecule has 0 atom stereocenters. The van der Waals surface area contributed by atoms with Gasteiger partial charge in [0, 0.05) is 17.1 Å². The number of nitrogens with one attached hydrogen (secondary N) is 2. The Bertz CT molecular complexity index is 912. The second-order valence-corrected chi connectivity index (χ2v) is 7.28. The molecule has 2 aromatic carbocycles. The van der Waals surface area contributed by atoms with E-state index in [1.165, 1.54) is 16.5 Å². The van der Waals surface area contributed by atoms with Crippen molar-refractivity contribution in [1.29, 1.82) is 0 Å². The number of anilines is 1. The van der Waals surface area contributed by atoms with Gasteiger partial charge in [0.2, 0.25) is 5.91 Å². The van der Waals surface area contributed by atoms with Crippen LogP contribution >= 0.6 is 11.6 Å². The molecule has 1 aliphatic rings. The fourth-order valence-corrected chi connectivity index (χ4v) is 3.97. The van der Waals surface area contributed by atoms with Gasteiger partial charge < -0.3 is 10.3 Å². The van der Waals surface area contributed by atoms with Gasteiger partial charge in [-0.05, 0) is 55.6 Å². The molecule has 26 heavy (non-hydrogen) atoms. The molecule has 1 aromatic heterocycles. The lowest BCUT2D eigenvalue weighted by Gasteiger charge is -2.31. The van der Waals surface area contributed by atoms with Gasteiger partial charge in [0.1, 0.15) is 0 Å². The summed E-state index contributed by atoms with van der Waals surface area (Å²) in [4.78, 5) is 17.9. The Labute approximate surface area is 158 Å². The Hall–Kier alpha value is -2.30. The first-order valence-electron chi connectivity index (χ1n) is 9.03. The molecular formula is C21H22ClN3O. The molecule has 1 saturated heterocycles. The number of fused-ring (bicyclic) bond motifs is 1. The summed E-state index contributed by atoms with van der Waals surface area (Å²) in [5, 5.41) is 4.79. The predicted octanol–water partition coefficient (Wildman–Crippen LogP) is 4.64. The summed E-state index contributed by atoms with van der Waals surface area (Å²) in [5.74, 6) is 0.540. The summed E-state index contributed by atoms with van der Waals surface area (Å²) in [6.45, 7) is 2.27. The zero-order chi connectivity index (χ0) is 17.9. The van der Waals surface area contributed by atoms with Crippen LogP contribution in [0.2, 0.25) is 5.02 Å². The highest BCUT2D eigenvalue weighted by Crippen LogP contribution is 2.33. The van der Waals surface area contributed by atoms with Crippen molar-refractivity contribution in [2.75, 3.05) is 25.0 Å². The number of aromatic amines is 1. The summed E-state index contributed by atoms with van der Waals surface area (Å²) < 4.78 is 0. The Morgan fingerprint density at radius 2 is 1.85 bits per heavy atom. The number of amides is 1. The fraction of sp³-hybridized carbons (Fsp3) is 0.286. The van der Waals surface area contributed by atoms with Gasteiger partial charge in [-0.1, -0.05) is 41.9 Å². The van der Waals surface area contributed by atoms with E-state index >= 15 is 0 Å². The Kier molecular flexibility index (Phi) is 4.96. The minimum atomic E-state index is -0.0105. The Morgan fingerprint density at radius 1 is 1.12 bits per heavy atom. The van der Waals surface area contributed by atoms with E-state index in [0.717, 1.165) is 25.9 Å². The molecule has 5 heteroatoms. The van der Waals surface area contributed by atoms with Crippen LogP contribution < -0.4 is 5.32 Å². The van der Waals surface area contributed by atoms with E-state index in [4.69, 9.17) is 11.6 Å². The molecule has 2 N–H and O–H groups in total. The monoisotopic (exact) mass is 367 g/mol. The number of hydrogen-bond acceptors (Lipinski definition) is 2. The van der Waals surface area contributed by atoms with Crippen molar-refractivity contribution in [2.24, 2.45) is 0 Å². The molecule has 4 rings (SSSR count). The topological polar surface area (TPSA) is 48.1 Å².